The van der Waals surface area contributed by atoms with Gasteiger partial charge in [0.1, 0.15) is 23.7 Å². The van der Waals surface area contributed by atoms with Gasteiger partial charge in [-0.15, -0.1) is 6.58 Å². The molecule has 1 aromatic rings. The number of cyclic esters (lactones) is 1. The summed E-state index contributed by atoms with van der Waals surface area (Å²) in [6.07, 6.45) is 8.71. The number of carbonyl (C=O) groups excluding carboxylic acids is 5. The average Bonchev–Trinajstić information content (AvgIpc) is 4.01. The number of fused-ring (bicyclic) bond motifs is 3. The van der Waals surface area contributed by atoms with Crippen LogP contribution in [0.4, 0.5) is 9.59 Å². The minimum Gasteiger partial charge on any atom is -0.449 e. The number of amides is 5. The quantitative estimate of drug-likeness (QED) is 0.357. The molecule has 6 aliphatic rings. The number of carbonyl (C=O) groups is 5. The summed E-state index contributed by atoms with van der Waals surface area (Å²) in [4.78, 5) is 71.7. The number of hydrogen-bond acceptors (Lipinski definition) is 9. The maximum absolute atomic E-state index is 14.5. The van der Waals surface area contributed by atoms with Crippen LogP contribution in [0.5, 0.6) is 0 Å². The molecule has 3 heterocycles. The average molecular weight is 724 g/mol. The summed E-state index contributed by atoms with van der Waals surface area (Å²) in [5.41, 5.74) is 1.34. The van der Waals surface area contributed by atoms with Gasteiger partial charge in [-0.1, -0.05) is 55.7 Å². The van der Waals surface area contributed by atoms with Crippen molar-refractivity contribution in [2.75, 3.05) is 13.2 Å². The molecule has 0 spiro atoms. The summed E-state index contributed by atoms with van der Waals surface area (Å²) in [5.74, 6) is -2.79. The van der Waals surface area contributed by atoms with Crippen LogP contribution in [-0.2, 0) is 47.0 Å². The Bertz CT molecular complexity index is 1750. The molecule has 4 bridgehead atoms. The lowest BCUT2D eigenvalue weighted by Gasteiger charge is -2.34. The first-order chi connectivity index (χ1) is 24.5. The van der Waals surface area contributed by atoms with Crippen molar-refractivity contribution in [2.24, 2.45) is 11.8 Å². The predicted octanol–water partition coefficient (Wildman–Crippen LogP) is 2.87. The molecular weight excluding hydrogens is 678 g/mol. The smallest absolute Gasteiger partial charge is 0.410 e. The number of nitrogens with one attached hydrogen (secondary N) is 3. The van der Waals surface area contributed by atoms with Crippen LogP contribution in [-0.4, -0.2) is 90.3 Å². The molecule has 0 radical (unpaired) electrons. The van der Waals surface area contributed by atoms with E-state index in [4.69, 9.17) is 9.47 Å². The van der Waals surface area contributed by atoms with Gasteiger partial charge in [0.2, 0.25) is 21.8 Å². The van der Waals surface area contributed by atoms with E-state index < -0.39 is 74.8 Å². The third-order valence-corrected chi connectivity index (χ3v) is 12.9. The molecular formula is C36H45N5O9S. The predicted molar refractivity (Wildman–Crippen MR) is 184 cm³/mol. The zero-order valence-corrected chi connectivity index (χ0v) is 29.3. The summed E-state index contributed by atoms with van der Waals surface area (Å²) in [5, 5.41) is 4.92. The molecule has 3 saturated carbocycles. The second-order valence-corrected chi connectivity index (χ2v) is 16.6. The maximum atomic E-state index is 14.5. The second-order valence-electron chi connectivity index (χ2n) is 14.6. The summed E-state index contributed by atoms with van der Waals surface area (Å²) >= 11 is 0. The highest BCUT2D eigenvalue weighted by atomic mass is 32.2. The molecule has 274 valence electrons. The Hall–Kier alpha value is -4.40. The molecule has 14 nitrogen and oxygen atoms in total. The van der Waals surface area contributed by atoms with E-state index in [2.05, 4.69) is 21.9 Å². The lowest BCUT2D eigenvalue weighted by Crippen LogP contribution is -2.59. The number of hydrogen-bond donors (Lipinski definition) is 3. The van der Waals surface area contributed by atoms with Gasteiger partial charge >= 0.3 is 12.2 Å². The lowest BCUT2D eigenvalue weighted by atomic mass is 9.83. The second kappa shape index (κ2) is 14.0. The van der Waals surface area contributed by atoms with Crippen LogP contribution in [0.25, 0.3) is 6.08 Å². The Morgan fingerprint density at radius 3 is 2.57 bits per heavy atom. The van der Waals surface area contributed by atoms with Gasteiger partial charge in [-0.2, -0.15) is 0 Å². The minimum atomic E-state index is -3.90. The summed E-state index contributed by atoms with van der Waals surface area (Å²) < 4.78 is 38.9. The third kappa shape index (κ3) is 7.22. The fraction of sp³-hybridized carbons (Fsp3) is 0.583. The highest BCUT2D eigenvalue weighted by Gasteiger charge is 2.62. The van der Waals surface area contributed by atoms with E-state index in [-0.39, 0.29) is 31.9 Å². The van der Waals surface area contributed by atoms with Gasteiger partial charge in [-0.05, 0) is 61.1 Å². The van der Waals surface area contributed by atoms with Gasteiger partial charge in [0.15, 0.2) is 0 Å². The maximum Gasteiger partial charge on any atom is 0.410 e. The highest BCUT2D eigenvalue weighted by molar-refractivity contribution is 7.91. The Balaban J connectivity index is 1.17. The van der Waals surface area contributed by atoms with Crippen LogP contribution < -0.4 is 15.4 Å². The Kier molecular flexibility index (Phi) is 9.59. The first-order valence-corrected chi connectivity index (χ1v) is 19.5. The topological polar surface area (TPSA) is 181 Å². The minimum absolute atomic E-state index is 0.0588. The molecule has 0 aromatic heterocycles. The number of alkyl carbamates (subject to hydrolysis) is 1. The first-order valence-electron chi connectivity index (χ1n) is 18.0. The van der Waals surface area contributed by atoms with Crippen LogP contribution in [0.3, 0.4) is 0 Å². The fourth-order valence-corrected chi connectivity index (χ4v) is 9.33. The Morgan fingerprint density at radius 1 is 1.06 bits per heavy atom. The zero-order valence-electron chi connectivity index (χ0n) is 28.5. The van der Waals surface area contributed by atoms with Crippen LogP contribution in [0.2, 0.25) is 0 Å². The normalized spacial score (nSPS) is 30.6. The molecule has 1 saturated heterocycles. The Morgan fingerprint density at radius 2 is 1.84 bits per heavy atom. The van der Waals surface area contributed by atoms with Crippen LogP contribution in [0.15, 0.2) is 36.9 Å². The molecule has 15 heteroatoms. The summed E-state index contributed by atoms with van der Waals surface area (Å²) in [7, 11) is -3.90. The lowest BCUT2D eigenvalue weighted by molar-refractivity contribution is -0.142. The number of benzene rings is 1. The third-order valence-electron chi connectivity index (χ3n) is 11.1. The van der Waals surface area contributed by atoms with Crippen molar-refractivity contribution in [1.82, 2.24) is 25.2 Å². The van der Waals surface area contributed by atoms with Crippen molar-refractivity contribution in [3.63, 3.8) is 0 Å². The molecule has 3 aliphatic carbocycles. The van der Waals surface area contributed by atoms with Gasteiger partial charge in [0.05, 0.1) is 24.9 Å². The van der Waals surface area contributed by atoms with Crippen LogP contribution in [0, 0.1) is 11.8 Å². The first kappa shape index (κ1) is 35.0. The largest absolute Gasteiger partial charge is 0.449 e. The standard InChI is InChI=1S/C36H45N5O9S/c1-2-25-18-36(25,33(44)39-51(47,48)27-14-15-27)38-31(42)29-17-26-20-41(29)32(43)30(23-10-4-3-5-11-23)37-34(45)49-16-7-6-9-22-12-8-13-24-19-40(21-28(22)24)35(46)50-26/h2,6,8-9,12-13,23,25-27,29-30H,1,3-5,7,10-11,14-21H2,(H,37,45)(H,38,42)(H,39,44)/b9-6+/t25-,26+,29-,30-,36+/m0/s1. The van der Waals surface area contributed by atoms with Crippen LogP contribution in [0.1, 0.15) is 80.9 Å². The van der Waals surface area contributed by atoms with Crippen molar-refractivity contribution in [3.8, 4) is 0 Å². The van der Waals surface area contributed by atoms with Crippen molar-refractivity contribution in [3.05, 3.63) is 53.6 Å². The van der Waals surface area contributed by atoms with E-state index in [0.29, 0.717) is 45.2 Å². The molecule has 4 fully saturated rings. The van der Waals surface area contributed by atoms with Gasteiger partial charge < -0.3 is 25.0 Å². The number of ether oxygens (including phenoxy) is 2. The molecule has 1 aromatic carbocycles. The molecule has 0 unspecified atom stereocenters. The number of sulfonamides is 1. The SMILES string of the molecule is C=C[C@H]1C[C@]1(NC(=O)[C@@H]1C[C@@H]2CN1C(=O)[C@H](C1CCCCC1)NC(=O)OCC/C=C/c1cccc3c1CN(C3)C(=O)O2)C(=O)NS(=O)(=O)C1CC1. The highest BCUT2D eigenvalue weighted by Crippen LogP contribution is 2.45. The zero-order chi connectivity index (χ0) is 35.9. The van der Waals surface area contributed by atoms with E-state index in [9.17, 15) is 32.4 Å². The molecule has 5 amide bonds. The van der Waals surface area contributed by atoms with Crippen molar-refractivity contribution >= 4 is 46.0 Å². The van der Waals surface area contributed by atoms with E-state index in [1.807, 2.05) is 30.4 Å². The number of nitrogens with zero attached hydrogens (tertiary/aromatic N) is 2. The van der Waals surface area contributed by atoms with Crippen molar-refractivity contribution in [2.45, 2.75) is 106 Å². The molecule has 5 atom stereocenters. The summed E-state index contributed by atoms with van der Waals surface area (Å²) in [6.45, 7) is 4.39. The van der Waals surface area contributed by atoms with E-state index in [1.165, 1.54) is 11.0 Å². The van der Waals surface area contributed by atoms with Gasteiger partial charge in [0.25, 0.3) is 5.91 Å². The monoisotopic (exact) mass is 723 g/mol. The molecule has 3 N–H and O–H groups in total. The van der Waals surface area contributed by atoms with Crippen molar-refractivity contribution in [1.29, 1.82) is 0 Å². The molecule has 3 aliphatic heterocycles. The number of rotatable bonds is 7. The van der Waals surface area contributed by atoms with Gasteiger partial charge in [-0.25, -0.2) is 18.0 Å². The molecule has 51 heavy (non-hydrogen) atoms. The van der Waals surface area contributed by atoms with Crippen LogP contribution >= 0.6 is 0 Å². The van der Waals surface area contributed by atoms with Crippen molar-refractivity contribution < 1.29 is 41.9 Å². The molecule has 7 rings (SSSR count). The van der Waals surface area contributed by atoms with Gasteiger partial charge in [0, 0.05) is 18.9 Å². The fourth-order valence-electron chi connectivity index (χ4n) is 7.97. The van der Waals surface area contributed by atoms with E-state index >= 15 is 0 Å². The Labute approximate surface area is 297 Å². The van der Waals surface area contributed by atoms with E-state index in [0.717, 1.165) is 36.0 Å². The summed E-state index contributed by atoms with van der Waals surface area (Å²) in [6, 6.07) is 3.65. The van der Waals surface area contributed by atoms with Gasteiger partial charge in [-0.3, -0.25) is 24.0 Å². The van der Waals surface area contributed by atoms with E-state index in [1.54, 1.807) is 4.90 Å².